The zero-order valence-electron chi connectivity index (χ0n) is 18.2. The summed E-state index contributed by atoms with van der Waals surface area (Å²) in [6.07, 6.45) is 6.73. The van der Waals surface area contributed by atoms with Gasteiger partial charge < -0.3 is 10.7 Å². The molecule has 5 nitrogen and oxygen atoms in total. The number of alkyl halides is 2. The quantitative estimate of drug-likeness (QED) is 0.288. The van der Waals surface area contributed by atoms with Crippen molar-refractivity contribution >= 4 is 5.84 Å². The maximum atomic E-state index is 13.7. The van der Waals surface area contributed by atoms with Crippen molar-refractivity contribution in [2.24, 2.45) is 10.7 Å². The van der Waals surface area contributed by atoms with Crippen molar-refractivity contribution in [3.05, 3.63) is 90.0 Å². The minimum absolute atomic E-state index is 0.0590. The van der Waals surface area contributed by atoms with Crippen LogP contribution in [0.4, 0.5) is 8.78 Å². The number of hydrogen-bond donors (Lipinski definition) is 2. The Morgan fingerprint density at radius 1 is 1.22 bits per heavy atom. The van der Waals surface area contributed by atoms with Crippen LogP contribution in [0.25, 0.3) is 11.1 Å². The molecule has 2 unspecified atom stereocenters. The molecule has 0 aliphatic carbocycles. The van der Waals surface area contributed by atoms with Crippen LogP contribution in [0.5, 0.6) is 0 Å². The van der Waals surface area contributed by atoms with E-state index in [1.165, 1.54) is 18.3 Å². The van der Waals surface area contributed by atoms with E-state index in [1.807, 2.05) is 19.2 Å². The topological polar surface area (TPSA) is 90.8 Å². The first-order valence-electron chi connectivity index (χ1n) is 10.1. The Kier molecular flexibility index (Phi) is 6.26. The van der Waals surface area contributed by atoms with Crippen molar-refractivity contribution in [3.8, 4) is 17.2 Å². The lowest BCUT2D eigenvalue weighted by Crippen LogP contribution is -2.30. The molecule has 2 heterocycles. The summed E-state index contributed by atoms with van der Waals surface area (Å²) >= 11 is 0. The van der Waals surface area contributed by atoms with Crippen molar-refractivity contribution in [2.75, 3.05) is 0 Å². The highest BCUT2D eigenvalue weighted by molar-refractivity contribution is 5.78. The predicted octanol–water partition coefficient (Wildman–Crippen LogP) is 5.62. The third kappa shape index (κ3) is 4.59. The number of H-pyrrole nitrogens is 1. The van der Waals surface area contributed by atoms with Crippen LogP contribution >= 0.6 is 0 Å². The maximum absolute atomic E-state index is 13.7. The number of aromatic amines is 1. The molecule has 0 radical (unpaired) electrons. The molecular weight excluding hydrogens is 408 g/mol. The first-order valence-corrected chi connectivity index (χ1v) is 10.1. The SMILES string of the molecule is C=CC(c1ccc(C(C)(F)F)cc1)C(C)(N=C(C)N)c1cc(-c2cncc(C#N)c2)c[nH]1. The number of nitrogens with one attached hydrogen (secondary N) is 1. The fraction of sp³-hybridized carbons (Fsp3) is 0.240. The molecule has 2 atom stereocenters. The summed E-state index contributed by atoms with van der Waals surface area (Å²) in [5, 5.41) is 9.16. The van der Waals surface area contributed by atoms with Crippen LogP contribution in [0.15, 0.2) is 72.6 Å². The number of benzene rings is 1. The molecule has 0 bridgehead atoms. The lowest BCUT2D eigenvalue weighted by molar-refractivity contribution is 0.0174. The molecule has 0 saturated heterocycles. The van der Waals surface area contributed by atoms with Crippen LogP contribution in [0.1, 0.15) is 49.1 Å². The Labute approximate surface area is 186 Å². The van der Waals surface area contributed by atoms with Crippen molar-refractivity contribution in [2.45, 2.75) is 38.2 Å². The van der Waals surface area contributed by atoms with Gasteiger partial charge in [0.15, 0.2) is 0 Å². The van der Waals surface area contributed by atoms with E-state index in [9.17, 15) is 8.78 Å². The van der Waals surface area contributed by atoms with Gasteiger partial charge in [-0.2, -0.15) is 5.26 Å². The molecule has 164 valence electrons. The van der Waals surface area contributed by atoms with Crippen LogP contribution < -0.4 is 5.73 Å². The van der Waals surface area contributed by atoms with Crippen molar-refractivity contribution in [3.63, 3.8) is 0 Å². The number of halogens is 2. The van der Waals surface area contributed by atoms with E-state index < -0.39 is 11.5 Å². The molecule has 1 aromatic carbocycles. The maximum Gasteiger partial charge on any atom is 0.270 e. The zero-order chi connectivity index (χ0) is 23.5. The summed E-state index contributed by atoms with van der Waals surface area (Å²) in [6, 6.07) is 11.9. The average Bonchev–Trinajstić information content (AvgIpc) is 3.25. The van der Waals surface area contributed by atoms with Crippen molar-refractivity contribution < 1.29 is 8.78 Å². The summed E-state index contributed by atoms with van der Waals surface area (Å²) in [4.78, 5) is 12.1. The smallest absolute Gasteiger partial charge is 0.270 e. The first-order chi connectivity index (χ1) is 15.1. The van der Waals surface area contributed by atoms with Crippen LogP contribution in [-0.2, 0) is 11.5 Å². The molecule has 0 aliphatic heterocycles. The average molecular weight is 434 g/mol. The van der Waals surface area contributed by atoms with Crippen LogP contribution in [0, 0.1) is 11.3 Å². The molecule has 0 spiro atoms. The molecule has 3 N–H and O–H groups in total. The fourth-order valence-electron chi connectivity index (χ4n) is 3.85. The van der Waals surface area contributed by atoms with Gasteiger partial charge in [0.05, 0.1) is 11.4 Å². The van der Waals surface area contributed by atoms with Crippen LogP contribution in [0.2, 0.25) is 0 Å². The van der Waals surface area contributed by atoms with Crippen LogP contribution in [-0.4, -0.2) is 15.8 Å². The second kappa shape index (κ2) is 8.75. The lowest BCUT2D eigenvalue weighted by atomic mass is 9.78. The van der Waals surface area contributed by atoms with Gasteiger partial charge in [-0.15, -0.1) is 6.58 Å². The largest absolute Gasteiger partial charge is 0.388 e. The molecule has 3 aromatic rings. The number of pyridine rings is 1. The number of aromatic nitrogens is 2. The van der Waals surface area contributed by atoms with E-state index in [0.717, 1.165) is 29.3 Å². The molecule has 32 heavy (non-hydrogen) atoms. The van der Waals surface area contributed by atoms with Crippen molar-refractivity contribution in [1.82, 2.24) is 9.97 Å². The highest BCUT2D eigenvalue weighted by Gasteiger charge is 2.37. The number of amidine groups is 1. The molecule has 0 saturated carbocycles. The monoisotopic (exact) mass is 433 g/mol. The second-order valence-electron chi connectivity index (χ2n) is 8.00. The van der Waals surface area contributed by atoms with Gasteiger partial charge in [0, 0.05) is 53.8 Å². The van der Waals surface area contributed by atoms with Crippen LogP contribution in [0.3, 0.4) is 0 Å². The molecule has 0 aliphatic rings. The molecule has 0 amide bonds. The van der Waals surface area contributed by atoms with Gasteiger partial charge in [-0.3, -0.25) is 9.98 Å². The van der Waals surface area contributed by atoms with E-state index in [0.29, 0.717) is 11.4 Å². The second-order valence-corrected chi connectivity index (χ2v) is 8.00. The Morgan fingerprint density at radius 2 is 1.91 bits per heavy atom. The highest BCUT2D eigenvalue weighted by atomic mass is 19.3. The van der Waals surface area contributed by atoms with Gasteiger partial charge in [0.2, 0.25) is 0 Å². The zero-order valence-corrected chi connectivity index (χ0v) is 18.2. The summed E-state index contributed by atoms with van der Waals surface area (Å²) < 4.78 is 27.3. The van der Waals surface area contributed by atoms with Gasteiger partial charge in [-0.1, -0.05) is 30.3 Å². The summed E-state index contributed by atoms with van der Waals surface area (Å²) in [5.74, 6) is -2.89. The van der Waals surface area contributed by atoms with Gasteiger partial charge >= 0.3 is 0 Å². The van der Waals surface area contributed by atoms with E-state index in [2.05, 4.69) is 22.6 Å². The van der Waals surface area contributed by atoms with Crippen molar-refractivity contribution in [1.29, 1.82) is 5.26 Å². The Morgan fingerprint density at radius 3 is 2.47 bits per heavy atom. The standard InChI is InChI=1S/C25H25F2N5/c1-5-22(18-6-8-21(9-7-18)25(4,26)27)24(3,32-16(2)29)23-11-20(15-31-23)19-10-17(12-28)13-30-14-19/h5-11,13-15,22,31H,1H2,2-4H3,(H2,29,32). The van der Waals surface area contributed by atoms with E-state index >= 15 is 0 Å². The van der Waals surface area contributed by atoms with Gasteiger partial charge in [0.1, 0.15) is 11.6 Å². The number of rotatable bonds is 7. The number of nitrogens with two attached hydrogens (primary N) is 1. The van der Waals surface area contributed by atoms with Gasteiger partial charge in [-0.05, 0) is 31.5 Å². The van der Waals surface area contributed by atoms with E-state index in [1.54, 1.807) is 37.4 Å². The van der Waals surface area contributed by atoms with Gasteiger partial charge in [0.25, 0.3) is 5.92 Å². The number of nitrogens with zero attached hydrogens (tertiary/aromatic N) is 3. The summed E-state index contributed by atoms with van der Waals surface area (Å²) in [5.41, 5.74) is 8.66. The number of hydrogen-bond acceptors (Lipinski definition) is 3. The Hall–Kier alpha value is -3.79. The molecule has 2 aromatic heterocycles. The van der Waals surface area contributed by atoms with Gasteiger partial charge in [-0.25, -0.2) is 8.78 Å². The highest BCUT2D eigenvalue weighted by Crippen LogP contribution is 2.42. The minimum Gasteiger partial charge on any atom is -0.388 e. The molecule has 0 fully saturated rings. The summed E-state index contributed by atoms with van der Waals surface area (Å²) in [6.45, 7) is 8.46. The predicted molar refractivity (Wildman–Crippen MR) is 122 cm³/mol. The summed E-state index contributed by atoms with van der Waals surface area (Å²) in [7, 11) is 0. The Bertz CT molecular complexity index is 1180. The third-order valence-corrected chi connectivity index (χ3v) is 5.46. The number of aliphatic imine (C=N–C) groups is 1. The molecular formula is C25H25F2N5. The van der Waals surface area contributed by atoms with E-state index in [4.69, 9.17) is 16.0 Å². The molecule has 3 rings (SSSR count). The Balaban J connectivity index is 2.08. The number of nitriles is 1. The normalized spacial score (nSPS) is 14.9. The first kappa shape index (κ1) is 22.9. The van der Waals surface area contributed by atoms with E-state index in [-0.39, 0.29) is 11.5 Å². The third-order valence-electron chi connectivity index (χ3n) is 5.46. The molecule has 7 heteroatoms. The fourth-order valence-corrected chi connectivity index (χ4v) is 3.85. The minimum atomic E-state index is -2.92. The lowest BCUT2D eigenvalue weighted by Gasteiger charge is -2.33.